The molecule has 4 rings (SSSR count). The zero-order chi connectivity index (χ0) is 18.7. The molecule has 3 heteroatoms. The van der Waals surface area contributed by atoms with Crippen molar-refractivity contribution in [2.45, 2.75) is 19.2 Å². The summed E-state index contributed by atoms with van der Waals surface area (Å²) in [5.74, 6) is 0. The third-order valence-electron chi connectivity index (χ3n) is 5.19. The average Bonchev–Trinajstić information content (AvgIpc) is 3.22. The Labute approximate surface area is 161 Å². The van der Waals surface area contributed by atoms with Gasteiger partial charge in [-0.05, 0) is 22.2 Å². The molecule has 0 radical (unpaired) electrons. The highest BCUT2D eigenvalue weighted by Crippen LogP contribution is 2.39. The zero-order valence-electron chi connectivity index (χ0n) is 15.8. The molecule has 0 saturated carbocycles. The Hall–Kier alpha value is -3.07. The SMILES string of the molecule is CB(C)c1cnn(C(c2ccccc2)(c2ccccc2)c2ccccc2)c1. The predicted octanol–water partition coefficient (Wildman–Crippen LogP) is 4.68. The first-order chi connectivity index (χ1) is 13.2. The van der Waals surface area contributed by atoms with E-state index in [2.05, 4.69) is 116 Å². The lowest BCUT2D eigenvalue weighted by atomic mass is 9.50. The van der Waals surface area contributed by atoms with Crippen molar-refractivity contribution >= 4 is 12.2 Å². The summed E-state index contributed by atoms with van der Waals surface area (Å²) in [6.45, 7) is 4.84. The Kier molecular flexibility index (Phi) is 4.68. The molecule has 2 nitrogen and oxygen atoms in total. The van der Waals surface area contributed by atoms with Crippen LogP contribution in [0.2, 0.25) is 13.6 Å². The van der Waals surface area contributed by atoms with Crippen molar-refractivity contribution in [2.75, 3.05) is 0 Å². The van der Waals surface area contributed by atoms with Gasteiger partial charge >= 0.3 is 0 Å². The van der Waals surface area contributed by atoms with Crippen LogP contribution in [-0.2, 0) is 5.54 Å². The summed E-state index contributed by atoms with van der Waals surface area (Å²) in [5, 5.41) is 4.86. The van der Waals surface area contributed by atoms with E-state index >= 15 is 0 Å². The molecule has 1 heterocycles. The summed E-state index contributed by atoms with van der Waals surface area (Å²) in [5.41, 5.74) is 4.31. The third kappa shape index (κ3) is 2.99. The van der Waals surface area contributed by atoms with Gasteiger partial charge in [-0.3, -0.25) is 4.68 Å². The Morgan fingerprint density at radius 2 is 1.07 bits per heavy atom. The van der Waals surface area contributed by atoms with Crippen LogP contribution in [0.3, 0.4) is 0 Å². The molecule has 0 fully saturated rings. The smallest absolute Gasteiger partial charge is 0.173 e. The van der Waals surface area contributed by atoms with Gasteiger partial charge in [0.25, 0.3) is 0 Å². The molecule has 27 heavy (non-hydrogen) atoms. The fourth-order valence-electron chi connectivity index (χ4n) is 3.75. The lowest BCUT2D eigenvalue weighted by Gasteiger charge is -2.36. The van der Waals surface area contributed by atoms with Gasteiger partial charge in [0, 0.05) is 12.4 Å². The average molecular weight is 350 g/mol. The normalized spacial score (nSPS) is 11.3. The molecular formula is C24H23BN2. The van der Waals surface area contributed by atoms with Gasteiger partial charge in [-0.15, -0.1) is 0 Å². The van der Waals surface area contributed by atoms with Crippen molar-refractivity contribution in [1.82, 2.24) is 9.78 Å². The van der Waals surface area contributed by atoms with Crippen LogP contribution in [0.1, 0.15) is 16.7 Å². The highest BCUT2D eigenvalue weighted by atomic mass is 15.3. The molecule has 132 valence electrons. The molecule has 0 N–H and O–H groups in total. The second kappa shape index (κ2) is 7.28. The maximum Gasteiger partial charge on any atom is 0.173 e. The van der Waals surface area contributed by atoms with E-state index in [9.17, 15) is 0 Å². The van der Waals surface area contributed by atoms with Gasteiger partial charge in [0.2, 0.25) is 0 Å². The van der Waals surface area contributed by atoms with E-state index in [1.165, 1.54) is 22.2 Å². The molecule has 0 aliphatic rings. The Morgan fingerprint density at radius 1 is 0.667 bits per heavy atom. The standard InChI is InChI=1S/C24H23BN2/c1-25(2)23-18-26-27(19-23)24(20-12-6-3-7-13-20,21-14-8-4-9-15-21)22-16-10-5-11-17-22/h3-19H,1-2H3. The van der Waals surface area contributed by atoms with Crippen molar-refractivity contribution in [2.24, 2.45) is 0 Å². The van der Waals surface area contributed by atoms with Gasteiger partial charge in [-0.2, -0.15) is 5.10 Å². The number of hydrogen-bond donors (Lipinski definition) is 0. The molecule has 0 spiro atoms. The van der Waals surface area contributed by atoms with Gasteiger partial charge < -0.3 is 0 Å². The summed E-state index contributed by atoms with van der Waals surface area (Å²) in [4.78, 5) is 0. The molecule has 0 saturated heterocycles. The third-order valence-corrected chi connectivity index (χ3v) is 5.19. The van der Waals surface area contributed by atoms with Crippen molar-refractivity contribution in [3.8, 4) is 0 Å². The van der Waals surface area contributed by atoms with E-state index in [4.69, 9.17) is 5.10 Å². The number of aromatic nitrogens is 2. The lowest BCUT2D eigenvalue weighted by molar-refractivity contribution is 0.460. The molecule has 0 aliphatic carbocycles. The van der Waals surface area contributed by atoms with Gasteiger partial charge in [-0.25, -0.2) is 0 Å². The van der Waals surface area contributed by atoms with Crippen LogP contribution in [0.15, 0.2) is 103 Å². The van der Waals surface area contributed by atoms with Crippen LogP contribution in [0.25, 0.3) is 0 Å². The minimum absolute atomic E-state index is 0.429. The number of rotatable bonds is 5. The van der Waals surface area contributed by atoms with E-state index in [0.29, 0.717) is 6.71 Å². The van der Waals surface area contributed by atoms with Crippen LogP contribution in [0, 0.1) is 0 Å². The summed E-state index contributed by atoms with van der Waals surface area (Å²) >= 11 is 0. The summed E-state index contributed by atoms with van der Waals surface area (Å²) in [7, 11) is 0. The summed E-state index contributed by atoms with van der Waals surface area (Å²) in [6, 6.07) is 31.9. The van der Waals surface area contributed by atoms with E-state index in [1.807, 2.05) is 6.20 Å². The maximum atomic E-state index is 4.86. The van der Waals surface area contributed by atoms with Crippen LogP contribution in [0.5, 0.6) is 0 Å². The Morgan fingerprint density at radius 3 is 1.41 bits per heavy atom. The molecular weight excluding hydrogens is 327 g/mol. The molecule has 0 amide bonds. The molecule has 3 aromatic carbocycles. The van der Waals surface area contributed by atoms with Crippen LogP contribution in [-0.4, -0.2) is 16.5 Å². The topological polar surface area (TPSA) is 17.8 Å². The lowest BCUT2D eigenvalue weighted by Crippen LogP contribution is -2.38. The first-order valence-corrected chi connectivity index (χ1v) is 9.44. The van der Waals surface area contributed by atoms with Crippen LogP contribution >= 0.6 is 0 Å². The molecule has 4 aromatic rings. The molecule has 0 bridgehead atoms. The zero-order valence-corrected chi connectivity index (χ0v) is 15.8. The van der Waals surface area contributed by atoms with Crippen molar-refractivity contribution in [1.29, 1.82) is 0 Å². The summed E-state index contributed by atoms with van der Waals surface area (Å²) in [6.07, 6.45) is 4.19. The van der Waals surface area contributed by atoms with Crippen molar-refractivity contribution < 1.29 is 0 Å². The second-order valence-electron chi connectivity index (χ2n) is 7.18. The minimum atomic E-state index is -0.517. The quantitative estimate of drug-likeness (QED) is 0.377. The minimum Gasteiger partial charge on any atom is -0.254 e. The van der Waals surface area contributed by atoms with E-state index in [-0.39, 0.29) is 0 Å². The van der Waals surface area contributed by atoms with Gasteiger partial charge in [0.05, 0.1) is 0 Å². The molecule has 0 unspecified atom stereocenters. The molecule has 0 atom stereocenters. The van der Waals surface area contributed by atoms with Crippen LogP contribution < -0.4 is 5.46 Å². The van der Waals surface area contributed by atoms with Crippen molar-refractivity contribution in [3.63, 3.8) is 0 Å². The molecule has 0 aliphatic heterocycles. The van der Waals surface area contributed by atoms with E-state index in [0.717, 1.165) is 0 Å². The maximum absolute atomic E-state index is 4.86. The Bertz CT molecular complexity index is 896. The van der Waals surface area contributed by atoms with Gasteiger partial charge in [-0.1, -0.05) is 105 Å². The second-order valence-corrected chi connectivity index (χ2v) is 7.18. The van der Waals surface area contributed by atoms with E-state index in [1.54, 1.807) is 0 Å². The van der Waals surface area contributed by atoms with E-state index < -0.39 is 5.54 Å². The highest BCUT2D eigenvalue weighted by molar-refractivity contribution is 6.70. The largest absolute Gasteiger partial charge is 0.254 e. The highest BCUT2D eigenvalue weighted by Gasteiger charge is 2.39. The van der Waals surface area contributed by atoms with Gasteiger partial charge in [0.15, 0.2) is 6.71 Å². The Balaban J connectivity index is 2.09. The monoisotopic (exact) mass is 350 g/mol. The molecule has 1 aromatic heterocycles. The fraction of sp³-hybridized carbons (Fsp3) is 0.125. The van der Waals surface area contributed by atoms with Gasteiger partial charge in [0.1, 0.15) is 5.54 Å². The first kappa shape index (κ1) is 17.4. The fourth-order valence-corrected chi connectivity index (χ4v) is 3.75. The number of hydrogen-bond acceptors (Lipinski definition) is 1. The predicted molar refractivity (Wildman–Crippen MR) is 114 cm³/mol. The first-order valence-electron chi connectivity index (χ1n) is 9.44. The number of nitrogens with zero attached hydrogens (tertiary/aromatic N) is 2. The van der Waals surface area contributed by atoms with Crippen LogP contribution in [0.4, 0.5) is 0 Å². The summed E-state index contributed by atoms with van der Waals surface area (Å²) < 4.78 is 2.13. The number of benzene rings is 3. The van der Waals surface area contributed by atoms with Crippen molar-refractivity contribution in [3.05, 3.63) is 120 Å².